The summed E-state index contributed by atoms with van der Waals surface area (Å²) in [6.07, 6.45) is -4.56. The van der Waals surface area contributed by atoms with Crippen LogP contribution < -0.4 is 50.8 Å². The third-order valence-corrected chi connectivity index (χ3v) is 11.8. The van der Waals surface area contributed by atoms with Gasteiger partial charge in [0, 0.05) is 17.7 Å². The number of ether oxygens (including phenoxy) is 4. The molecule has 0 unspecified atom stereocenters. The number of carbonyl (C=O) groups is 3. The highest BCUT2D eigenvalue weighted by Gasteiger charge is 2.31. The molecule has 0 saturated carbocycles. The standard InChI is InChI=1S/C21H20N2O4.C19H18N2O4.C18H12ClF3N2O2/c1-26-15-11-12-17(19(13-15)27-2)22-21(25)23-18-10-6-9-16(20(18)24)14-7-4-3-5-8-14;1-24-14-7-8-15(18(11-14)25-2)20-19(23)21-16-9-12-5-3-4-6-13(12)10-17(16)22;19-13-6-5-12(18(20,21)22)9-14(13)23-17(26)24-15-7-10-3-1-2-4-11(10)8-16(15)25/h3-13,24H,1-2H3,(H2,22,23,25);3-11,22H,1-2H3,(H2,20,21,23);1-9,25H,(H2,23,24,26). The minimum atomic E-state index is -4.56. The molecule has 20 heteroatoms. The highest BCUT2D eigenvalue weighted by atomic mass is 35.5. The molecule has 0 aliphatic heterocycles. The molecule has 78 heavy (non-hydrogen) atoms. The summed E-state index contributed by atoms with van der Waals surface area (Å²) in [6, 6.07) is 46.7. The van der Waals surface area contributed by atoms with Crippen molar-refractivity contribution in [2.75, 3.05) is 60.3 Å². The molecule has 9 aromatic carbocycles. The Morgan fingerprint density at radius 2 is 0.846 bits per heavy atom. The lowest BCUT2D eigenvalue weighted by atomic mass is 10.0. The lowest BCUT2D eigenvalue weighted by molar-refractivity contribution is -0.137. The lowest BCUT2D eigenvalue weighted by Crippen LogP contribution is -2.20. The zero-order chi connectivity index (χ0) is 55.9. The summed E-state index contributed by atoms with van der Waals surface area (Å²) >= 11 is 5.84. The number of methoxy groups -OCH3 is 4. The topological polar surface area (TPSA) is 221 Å². The maximum atomic E-state index is 12.8. The Morgan fingerprint density at radius 3 is 1.29 bits per heavy atom. The van der Waals surface area contributed by atoms with Crippen LogP contribution in [0.15, 0.2) is 176 Å². The second-order valence-electron chi connectivity index (χ2n) is 16.6. The van der Waals surface area contributed by atoms with Gasteiger partial charge >= 0.3 is 24.3 Å². The first-order valence-corrected chi connectivity index (χ1v) is 23.7. The molecule has 0 radical (unpaired) electrons. The van der Waals surface area contributed by atoms with E-state index in [4.69, 9.17) is 30.5 Å². The molecule has 0 aliphatic rings. The van der Waals surface area contributed by atoms with Crippen LogP contribution in [0.25, 0.3) is 32.7 Å². The average molecular weight is 1080 g/mol. The van der Waals surface area contributed by atoms with Crippen LogP contribution in [0.2, 0.25) is 5.02 Å². The fourth-order valence-corrected chi connectivity index (χ4v) is 7.75. The van der Waals surface area contributed by atoms with Gasteiger partial charge in [-0.2, -0.15) is 13.2 Å². The molecule has 0 bridgehead atoms. The molecular formula is C58H50ClF3N6O10. The number of amides is 6. The second-order valence-corrected chi connectivity index (χ2v) is 17.0. The number of fused-ring (bicyclic) bond motifs is 2. The molecule has 0 fully saturated rings. The maximum absolute atomic E-state index is 12.8. The number of carbonyl (C=O) groups excluding carboxylic acids is 3. The molecule has 0 aliphatic carbocycles. The normalized spacial score (nSPS) is 10.6. The van der Waals surface area contributed by atoms with Crippen molar-refractivity contribution >= 4 is 85.4 Å². The van der Waals surface area contributed by atoms with Gasteiger partial charge in [0.25, 0.3) is 0 Å². The SMILES string of the molecule is COc1ccc(NC(=O)Nc2cc3ccccc3cc2O)c(OC)c1.COc1ccc(NC(=O)Nc2cccc(-c3ccccc3)c2O)c(OC)c1.O=C(Nc1cc2ccccc2cc1O)Nc1cc(C(F)(F)F)ccc1Cl. The van der Waals surface area contributed by atoms with Crippen LogP contribution in [0.5, 0.6) is 40.2 Å². The Bertz CT molecular complexity index is 3610. The highest BCUT2D eigenvalue weighted by Crippen LogP contribution is 2.38. The van der Waals surface area contributed by atoms with Crippen molar-refractivity contribution in [2.45, 2.75) is 6.18 Å². The number of hydrogen-bond donors (Lipinski definition) is 9. The summed E-state index contributed by atoms with van der Waals surface area (Å²) < 4.78 is 59.1. The smallest absolute Gasteiger partial charge is 0.416 e. The first kappa shape index (κ1) is 55.7. The number of anilines is 6. The van der Waals surface area contributed by atoms with Crippen LogP contribution in [-0.2, 0) is 6.18 Å². The number of halogens is 4. The van der Waals surface area contributed by atoms with Gasteiger partial charge in [0.2, 0.25) is 0 Å². The number of para-hydroxylation sites is 1. The van der Waals surface area contributed by atoms with Crippen molar-refractivity contribution in [1.29, 1.82) is 0 Å². The molecule has 6 amide bonds. The summed E-state index contributed by atoms with van der Waals surface area (Å²) in [7, 11) is 6.12. The van der Waals surface area contributed by atoms with Crippen molar-refractivity contribution in [1.82, 2.24) is 0 Å². The number of nitrogens with one attached hydrogen (secondary N) is 6. The third kappa shape index (κ3) is 14.4. The Kier molecular flexibility index (Phi) is 18.2. The number of phenolic OH excluding ortho intramolecular Hbond substituents is 3. The Hall–Kier alpha value is -10.0. The number of phenols is 3. The third-order valence-electron chi connectivity index (χ3n) is 11.4. The predicted octanol–water partition coefficient (Wildman–Crippen LogP) is 14.8. The Balaban J connectivity index is 0.000000170. The van der Waals surface area contributed by atoms with E-state index in [1.807, 2.05) is 54.6 Å². The molecule has 400 valence electrons. The van der Waals surface area contributed by atoms with E-state index in [0.29, 0.717) is 51.3 Å². The van der Waals surface area contributed by atoms with Crippen molar-refractivity contribution in [3.63, 3.8) is 0 Å². The van der Waals surface area contributed by atoms with Gasteiger partial charge in [0.05, 0.1) is 73.1 Å². The van der Waals surface area contributed by atoms with Crippen molar-refractivity contribution in [2.24, 2.45) is 0 Å². The molecule has 0 aromatic heterocycles. The van der Waals surface area contributed by atoms with Crippen LogP contribution >= 0.6 is 11.6 Å². The summed E-state index contributed by atoms with van der Waals surface area (Å²) in [4.78, 5) is 36.8. The van der Waals surface area contributed by atoms with Crippen LogP contribution in [-0.4, -0.2) is 61.9 Å². The number of urea groups is 3. The monoisotopic (exact) mass is 1080 g/mol. The Labute approximate surface area is 449 Å². The molecule has 0 heterocycles. The summed E-state index contributed by atoms with van der Waals surface area (Å²) in [5.41, 5.74) is 2.07. The summed E-state index contributed by atoms with van der Waals surface area (Å²) in [5.74, 6) is 2.00. The van der Waals surface area contributed by atoms with E-state index in [1.165, 1.54) is 20.3 Å². The summed E-state index contributed by atoms with van der Waals surface area (Å²) in [5, 5.41) is 49.3. The fourth-order valence-electron chi connectivity index (χ4n) is 7.58. The lowest BCUT2D eigenvalue weighted by Gasteiger charge is -2.14. The molecule has 9 aromatic rings. The zero-order valence-corrected chi connectivity index (χ0v) is 42.7. The van der Waals surface area contributed by atoms with Crippen molar-refractivity contribution in [3.8, 4) is 51.4 Å². The molecule has 0 spiro atoms. The molecule has 0 atom stereocenters. The number of hydrogen-bond acceptors (Lipinski definition) is 10. The van der Waals surface area contributed by atoms with Crippen LogP contribution in [0.4, 0.5) is 61.7 Å². The van der Waals surface area contributed by atoms with Gasteiger partial charge in [0.1, 0.15) is 40.2 Å². The minimum absolute atomic E-state index is 0.000505. The van der Waals surface area contributed by atoms with E-state index < -0.39 is 29.8 Å². The van der Waals surface area contributed by atoms with Crippen LogP contribution in [0.1, 0.15) is 5.56 Å². The van der Waals surface area contributed by atoms with Gasteiger partial charge in [-0.15, -0.1) is 0 Å². The van der Waals surface area contributed by atoms with Gasteiger partial charge in [0.15, 0.2) is 0 Å². The van der Waals surface area contributed by atoms with E-state index in [0.717, 1.165) is 45.3 Å². The zero-order valence-electron chi connectivity index (χ0n) is 42.0. The summed E-state index contributed by atoms with van der Waals surface area (Å²) in [6.45, 7) is 0. The van der Waals surface area contributed by atoms with E-state index >= 15 is 0 Å². The van der Waals surface area contributed by atoms with E-state index in [1.54, 1.807) is 111 Å². The van der Waals surface area contributed by atoms with Gasteiger partial charge < -0.3 is 66.2 Å². The van der Waals surface area contributed by atoms with Gasteiger partial charge in [-0.1, -0.05) is 103 Å². The predicted molar refractivity (Wildman–Crippen MR) is 298 cm³/mol. The average Bonchev–Trinajstić information content (AvgIpc) is 3.43. The number of alkyl halides is 3. The van der Waals surface area contributed by atoms with Crippen LogP contribution in [0.3, 0.4) is 0 Å². The quantitative estimate of drug-likeness (QED) is 0.0558. The van der Waals surface area contributed by atoms with Crippen molar-refractivity contribution in [3.05, 3.63) is 187 Å². The highest BCUT2D eigenvalue weighted by molar-refractivity contribution is 6.33. The van der Waals surface area contributed by atoms with E-state index in [9.17, 15) is 42.9 Å². The molecule has 9 N–H and O–H groups in total. The van der Waals surface area contributed by atoms with Crippen LogP contribution in [0, 0.1) is 0 Å². The fraction of sp³-hybridized carbons (Fsp3) is 0.0862. The molecular weight excluding hydrogens is 1030 g/mol. The van der Waals surface area contributed by atoms with Gasteiger partial charge in [-0.3, -0.25) is 0 Å². The molecule has 0 saturated heterocycles. The molecule has 9 rings (SSSR count). The van der Waals surface area contributed by atoms with E-state index in [2.05, 4.69) is 31.9 Å². The minimum Gasteiger partial charge on any atom is -0.506 e. The second kappa shape index (κ2) is 25.5. The maximum Gasteiger partial charge on any atom is 0.416 e. The van der Waals surface area contributed by atoms with E-state index in [-0.39, 0.29) is 33.6 Å². The molecule has 16 nitrogen and oxygen atoms in total. The first-order chi connectivity index (χ1) is 37.5. The first-order valence-electron chi connectivity index (χ1n) is 23.3. The number of rotatable bonds is 11. The Morgan fingerprint density at radius 1 is 0.423 bits per heavy atom. The van der Waals surface area contributed by atoms with Gasteiger partial charge in [-0.25, -0.2) is 14.4 Å². The number of aromatic hydroxyl groups is 3. The largest absolute Gasteiger partial charge is 0.506 e. The van der Waals surface area contributed by atoms with Gasteiger partial charge in [-0.05, 0) is 99.9 Å². The van der Waals surface area contributed by atoms with Crippen molar-refractivity contribution < 1.29 is 61.8 Å². The number of benzene rings is 9.